The van der Waals surface area contributed by atoms with Crippen molar-refractivity contribution in [1.82, 2.24) is 15.8 Å². The summed E-state index contributed by atoms with van der Waals surface area (Å²) < 4.78 is 0. The third kappa shape index (κ3) is 11.4. The van der Waals surface area contributed by atoms with Gasteiger partial charge in [-0.05, 0) is 38.0 Å². The number of aliphatic carboxylic acids is 1. The number of hydrogen-bond donors (Lipinski definition) is 4. The highest BCUT2D eigenvalue weighted by atomic mass is 16.4. The van der Waals surface area contributed by atoms with Gasteiger partial charge >= 0.3 is 5.97 Å². The second-order valence-corrected chi connectivity index (χ2v) is 7.27. The third-order valence-corrected chi connectivity index (χ3v) is 4.45. The van der Waals surface area contributed by atoms with Crippen LogP contribution in [-0.2, 0) is 9.59 Å². The zero-order valence-electron chi connectivity index (χ0n) is 17.1. The van der Waals surface area contributed by atoms with Gasteiger partial charge in [0.2, 0.25) is 5.91 Å². The van der Waals surface area contributed by atoms with E-state index in [-0.39, 0.29) is 5.92 Å². The van der Waals surface area contributed by atoms with E-state index in [1.807, 2.05) is 13.8 Å². The average Bonchev–Trinajstić information content (AvgIpc) is 2.60. The van der Waals surface area contributed by atoms with Gasteiger partial charge in [0.05, 0.1) is 6.04 Å². The predicted molar refractivity (Wildman–Crippen MR) is 106 cm³/mol. The lowest BCUT2D eigenvalue weighted by Gasteiger charge is -2.23. The Kier molecular flexibility index (Phi) is 14.3. The van der Waals surface area contributed by atoms with Crippen LogP contribution in [0.15, 0.2) is 0 Å². The molecule has 0 heterocycles. The Morgan fingerprint density at radius 3 is 2.08 bits per heavy atom. The van der Waals surface area contributed by atoms with Crippen LogP contribution in [0, 0.1) is 5.92 Å². The molecule has 2 atom stereocenters. The Balaban J connectivity index is 4.18. The quantitative estimate of drug-likeness (QED) is 0.244. The summed E-state index contributed by atoms with van der Waals surface area (Å²) in [5.41, 5.74) is 9.22. The number of hydrogen-bond acceptors (Lipinski definition) is 5. The van der Waals surface area contributed by atoms with Crippen LogP contribution in [-0.4, -0.2) is 53.7 Å². The zero-order valence-corrected chi connectivity index (χ0v) is 17.1. The van der Waals surface area contributed by atoms with Gasteiger partial charge in [-0.2, -0.15) is 0 Å². The Morgan fingerprint density at radius 2 is 1.62 bits per heavy atom. The topological polar surface area (TPSA) is 108 Å². The number of carbonyl (C=O) groups is 2. The van der Waals surface area contributed by atoms with Gasteiger partial charge in [-0.1, -0.05) is 40.5 Å². The van der Waals surface area contributed by atoms with E-state index in [0.29, 0.717) is 6.42 Å². The number of unbranched alkanes of at least 4 members (excludes halogenated alkanes) is 3. The van der Waals surface area contributed by atoms with Crippen LogP contribution in [0.1, 0.15) is 72.6 Å². The van der Waals surface area contributed by atoms with Crippen LogP contribution < -0.4 is 16.5 Å². The minimum atomic E-state index is -1.00. The molecule has 5 N–H and O–H groups in total. The van der Waals surface area contributed by atoms with E-state index in [1.54, 1.807) is 0 Å². The lowest BCUT2D eigenvalue weighted by Crippen LogP contribution is -2.50. The molecule has 0 saturated carbocycles. The first-order valence-electron chi connectivity index (χ1n) is 10.1. The largest absolute Gasteiger partial charge is 0.480 e. The van der Waals surface area contributed by atoms with E-state index in [2.05, 4.69) is 29.6 Å². The van der Waals surface area contributed by atoms with Gasteiger partial charge in [0, 0.05) is 19.6 Å². The maximum atomic E-state index is 12.0. The van der Waals surface area contributed by atoms with Gasteiger partial charge in [0.1, 0.15) is 6.04 Å². The zero-order chi connectivity index (χ0) is 19.9. The van der Waals surface area contributed by atoms with Crippen LogP contribution in [0.4, 0.5) is 0 Å². The highest BCUT2D eigenvalue weighted by molar-refractivity contribution is 5.86. The van der Waals surface area contributed by atoms with Crippen molar-refractivity contribution in [1.29, 1.82) is 0 Å². The molecule has 0 aromatic carbocycles. The number of hydrazine groups is 1. The molecule has 26 heavy (non-hydrogen) atoms. The number of amides is 1. The van der Waals surface area contributed by atoms with Crippen LogP contribution >= 0.6 is 0 Å². The summed E-state index contributed by atoms with van der Waals surface area (Å²) in [5, 5.41) is 14.1. The van der Waals surface area contributed by atoms with E-state index in [1.165, 1.54) is 25.7 Å². The minimum Gasteiger partial charge on any atom is -0.480 e. The van der Waals surface area contributed by atoms with Crippen molar-refractivity contribution in [3.05, 3.63) is 0 Å². The fraction of sp³-hybridized carbons (Fsp3) is 0.895. The second-order valence-electron chi connectivity index (χ2n) is 7.27. The molecule has 0 saturated heterocycles. The van der Waals surface area contributed by atoms with E-state index in [9.17, 15) is 14.7 Å². The molecule has 0 aliphatic rings. The molecule has 154 valence electrons. The van der Waals surface area contributed by atoms with Crippen molar-refractivity contribution < 1.29 is 14.7 Å². The molecule has 0 rings (SSSR count). The fourth-order valence-electron chi connectivity index (χ4n) is 2.51. The number of nitrogens with zero attached hydrogens (tertiary/aromatic N) is 1. The number of carboxylic acids is 1. The third-order valence-electron chi connectivity index (χ3n) is 4.45. The van der Waals surface area contributed by atoms with E-state index in [0.717, 1.165) is 32.5 Å². The summed E-state index contributed by atoms with van der Waals surface area (Å²) >= 11 is 0. The number of nitrogens with one attached hydrogen (secondary N) is 2. The van der Waals surface area contributed by atoms with Crippen molar-refractivity contribution >= 4 is 11.9 Å². The summed E-state index contributed by atoms with van der Waals surface area (Å²) in [5.74, 6) is -1.42. The Labute approximate surface area is 159 Å². The molecule has 0 aromatic rings. The molecule has 0 aliphatic heterocycles. The second kappa shape index (κ2) is 14.9. The van der Waals surface area contributed by atoms with Gasteiger partial charge in [0.25, 0.3) is 0 Å². The van der Waals surface area contributed by atoms with E-state index in [4.69, 9.17) is 5.73 Å². The fourth-order valence-corrected chi connectivity index (χ4v) is 2.51. The molecule has 7 heteroatoms. The van der Waals surface area contributed by atoms with Crippen LogP contribution in [0.5, 0.6) is 0 Å². The maximum Gasteiger partial charge on any atom is 0.326 e. The Morgan fingerprint density at radius 1 is 1.04 bits per heavy atom. The molecule has 7 nitrogen and oxygen atoms in total. The van der Waals surface area contributed by atoms with E-state index < -0.39 is 24.0 Å². The van der Waals surface area contributed by atoms with E-state index >= 15 is 0 Å². The Hall–Kier alpha value is -1.18. The summed E-state index contributed by atoms with van der Waals surface area (Å²) in [6.45, 7) is 10.9. The van der Waals surface area contributed by atoms with Crippen molar-refractivity contribution in [2.24, 2.45) is 11.7 Å². The lowest BCUT2D eigenvalue weighted by atomic mass is 10.0. The van der Waals surface area contributed by atoms with Crippen LogP contribution in [0.2, 0.25) is 0 Å². The first kappa shape index (κ1) is 24.8. The number of nitrogens with two attached hydrogens (primary N) is 1. The van der Waals surface area contributed by atoms with Crippen molar-refractivity contribution in [3.63, 3.8) is 0 Å². The summed E-state index contributed by atoms with van der Waals surface area (Å²) in [7, 11) is 0. The highest BCUT2D eigenvalue weighted by Crippen LogP contribution is 2.05. The van der Waals surface area contributed by atoms with Gasteiger partial charge in [-0.3, -0.25) is 10.2 Å². The van der Waals surface area contributed by atoms with Crippen molar-refractivity contribution in [2.45, 2.75) is 84.7 Å². The first-order valence-corrected chi connectivity index (χ1v) is 10.1. The molecule has 1 amide bonds. The van der Waals surface area contributed by atoms with Crippen molar-refractivity contribution in [2.75, 3.05) is 19.6 Å². The van der Waals surface area contributed by atoms with Gasteiger partial charge in [-0.15, -0.1) is 0 Å². The normalized spacial score (nSPS) is 13.8. The SMILES string of the molecule is CCCCN(CCCC)NCCCC[C@H](NC(=O)[C@@H](N)C(C)C)C(=O)O. The molecular formula is C19H40N4O3. The first-order chi connectivity index (χ1) is 12.3. The monoisotopic (exact) mass is 372 g/mol. The molecule has 0 aliphatic carbocycles. The smallest absolute Gasteiger partial charge is 0.326 e. The van der Waals surface area contributed by atoms with Crippen LogP contribution in [0.25, 0.3) is 0 Å². The van der Waals surface area contributed by atoms with Gasteiger partial charge in [-0.25, -0.2) is 9.80 Å². The van der Waals surface area contributed by atoms with Gasteiger partial charge < -0.3 is 16.2 Å². The molecule has 0 radical (unpaired) electrons. The molecular weight excluding hydrogens is 332 g/mol. The number of rotatable bonds is 16. The van der Waals surface area contributed by atoms with Gasteiger partial charge in [0.15, 0.2) is 0 Å². The van der Waals surface area contributed by atoms with Crippen molar-refractivity contribution in [3.8, 4) is 0 Å². The molecule has 0 spiro atoms. The highest BCUT2D eigenvalue weighted by Gasteiger charge is 2.24. The molecule has 0 fully saturated rings. The number of carboxylic acid groups (broad SMARTS) is 1. The average molecular weight is 373 g/mol. The minimum absolute atomic E-state index is 0.0223. The maximum absolute atomic E-state index is 12.0. The summed E-state index contributed by atoms with van der Waals surface area (Å²) in [6.07, 6.45) is 6.68. The summed E-state index contributed by atoms with van der Waals surface area (Å²) in [4.78, 5) is 23.3. The Bertz CT molecular complexity index is 383. The predicted octanol–water partition coefficient (Wildman–Crippen LogP) is 2.12. The molecule has 0 bridgehead atoms. The number of carbonyl (C=O) groups excluding carboxylic acids is 1. The molecule has 0 aromatic heterocycles. The van der Waals surface area contributed by atoms with Crippen LogP contribution in [0.3, 0.4) is 0 Å². The lowest BCUT2D eigenvalue weighted by molar-refractivity contribution is -0.142. The summed E-state index contributed by atoms with van der Waals surface area (Å²) in [6, 6.07) is -1.55. The molecule has 0 unspecified atom stereocenters. The standard InChI is InChI=1S/C19H40N4O3/c1-5-7-13-23(14-8-6-2)21-12-10-9-11-16(19(25)26)22-18(24)17(20)15(3)4/h15-17,21H,5-14,20H2,1-4H3,(H,22,24)(H,25,26)/t16-,17-/m0/s1.